The Labute approximate surface area is 142 Å². The topological polar surface area (TPSA) is 44.4 Å². The Kier molecular flexibility index (Phi) is 5.12. The molecule has 2 amide bonds. The fourth-order valence-corrected chi connectivity index (χ4v) is 2.62. The van der Waals surface area contributed by atoms with Gasteiger partial charge in [-0.3, -0.25) is 0 Å². The zero-order valence-electron chi connectivity index (χ0n) is 14.8. The van der Waals surface area contributed by atoms with Crippen LogP contribution in [0.4, 0.5) is 20.6 Å². The molecule has 128 valence electrons. The third-order valence-electron chi connectivity index (χ3n) is 3.93. The van der Waals surface area contributed by atoms with Crippen molar-refractivity contribution in [1.29, 1.82) is 0 Å². The van der Waals surface area contributed by atoms with E-state index in [0.717, 1.165) is 22.5 Å². The van der Waals surface area contributed by atoms with E-state index < -0.39 is 5.54 Å². The van der Waals surface area contributed by atoms with Gasteiger partial charge in [-0.2, -0.15) is 0 Å². The largest absolute Gasteiger partial charge is 0.377 e. The number of nitrogens with zero attached hydrogens (tertiary/aromatic N) is 1. The summed E-state index contributed by atoms with van der Waals surface area (Å²) in [6, 6.07) is 11.6. The van der Waals surface area contributed by atoms with Crippen molar-refractivity contribution < 1.29 is 9.18 Å². The van der Waals surface area contributed by atoms with Gasteiger partial charge in [0, 0.05) is 25.5 Å². The number of carbonyl (C=O) groups is 1. The smallest absolute Gasteiger partial charge is 0.319 e. The van der Waals surface area contributed by atoms with E-state index in [1.165, 1.54) is 12.1 Å². The van der Waals surface area contributed by atoms with Crippen LogP contribution in [0.5, 0.6) is 0 Å². The van der Waals surface area contributed by atoms with Crippen LogP contribution < -0.4 is 15.5 Å². The quantitative estimate of drug-likeness (QED) is 0.880. The summed E-state index contributed by atoms with van der Waals surface area (Å²) in [6.45, 7) is 5.75. The molecule has 24 heavy (non-hydrogen) atoms. The first-order chi connectivity index (χ1) is 11.2. The van der Waals surface area contributed by atoms with E-state index in [1.54, 1.807) is 12.1 Å². The second kappa shape index (κ2) is 6.91. The van der Waals surface area contributed by atoms with Gasteiger partial charge in [0.05, 0.1) is 5.54 Å². The number of rotatable bonds is 4. The molecule has 0 aliphatic rings. The van der Waals surface area contributed by atoms with Crippen molar-refractivity contribution in [2.45, 2.75) is 26.3 Å². The monoisotopic (exact) mass is 329 g/mol. The summed E-state index contributed by atoms with van der Waals surface area (Å²) >= 11 is 0. The summed E-state index contributed by atoms with van der Waals surface area (Å²) in [5.74, 6) is -0.296. The highest BCUT2D eigenvalue weighted by Crippen LogP contribution is 2.23. The highest BCUT2D eigenvalue weighted by atomic mass is 19.1. The van der Waals surface area contributed by atoms with E-state index >= 15 is 0 Å². The number of hydrogen-bond acceptors (Lipinski definition) is 2. The predicted octanol–water partition coefficient (Wildman–Crippen LogP) is 4.26. The molecule has 0 bridgehead atoms. The molecule has 0 saturated carbocycles. The Balaban J connectivity index is 2.07. The molecule has 4 nitrogen and oxygen atoms in total. The average molecular weight is 329 g/mol. The molecule has 0 radical (unpaired) electrons. The van der Waals surface area contributed by atoms with Gasteiger partial charge in [0.2, 0.25) is 0 Å². The molecule has 2 rings (SSSR count). The first-order valence-electron chi connectivity index (χ1n) is 7.82. The zero-order valence-corrected chi connectivity index (χ0v) is 14.8. The molecule has 0 aromatic heterocycles. The summed E-state index contributed by atoms with van der Waals surface area (Å²) in [5.41, 5.74) is 3.13. The number of urea groups is 1. The predicted molar refractivity (Wildman–Crippen MR) is 97.1 cm³/mol. The van der Waals surface area contributed by atoms with Crippen LogP contribution >= 0.6 is 0 Å². The Bertz CT molecular complexity index is 724. The lowest BCUT2D eigenvalue weighted by Crippen LogP contribution is -2.43. The third kappa shape index (κ3) is 4.25. The number of benzene rings is 2. The van der Waals surface area contributed by atoms with Crippen molar-refractivity contribution in [2.24, 2.45) is 0 Å². The van der Waals surface area contributed by atoms with Crippen molar-refractivity contribution in [2.75, 3.05) is 24.3 Å². The van der Waals surface area contributed by atoms with Crippen molar-refractivity contribution in [3.8, 4) is 0 Å². The standard InChI is InChI=1S/C19H24FN3O/c1-13-12-16(10-11-17(13)23(4)5)21-18(24)22-19(2,3)14-6-8-15(20)9-7-14/h6-12H,1-5H3,(H2,21,22,24). The molecule has 0 heterocycles. The van der Waals surface area contributed by atoms with Gasteiger partial charge in [-0.1, -0.05) is 12.1 Å². The molecule has 0 aliphatic carbocycles. The minimum atomic E-state index is -0.615. The van der Waals surface area contributed by atoms with E-state index in [2.05, 4.69) is 10.6 Å². The van der Waals surface area contributed by atoms with Crippen LogP contribution in [0.3, 0.4) is 0 Å². The van der Waals surface area contributed by atoms with Gasteiger partial charge in [0.15, 0.2) is 0 Å². The number of halogens is 1. The second-order valence-electron chi connectivity index (χ2n) is 6.61. The maximum Gasteiger partial charge on any atom is 0.319 e. The van der Waals surface area contributed by atoms with Crippen molar-refractivity contribution in [3.63, 3.8) is 0 Å². The van der Waals surface area contributed by atoms with Crippen LogP contribution in [0.2, 0.25) is 0 Å². The van der Waals surface area contributed by atoms with Crippen molar-refractivity contribution in [1.82, 2.24) is 5.32 Å². The highest BCUT2D eigenvalue weighted by Gasteiger charge is 2.23. The lowest BCUT2D eigenvalue weighted by atomic mass is 9.94. The van der Waals surface area contributed by atoms with Gasteiger partial charge in [0.25, 0.3) is 0 Å². The van der Waals surface area contributed by atoms with Crippen molar-refractivity contribution >= 4 is 17.4 Å². The average Bonchev–Trinajstić information content (AvgIpc) is 2.46. The molecule has 0 spiro atoms. The van der Waals surface area contributed by atoms with Gasteiger partial charge in [-0.05, 0) is 62.2 Å². The summed E-state index contributed by atoms with van der Waals surface area (Å²) in [4.78, 5) is 14.3. The van der Waals surface area contributed by atoms with Crippen LogP contribution in [-0.2, 0) is 5.54 Å². The number of hydrogen-bond donors (Lipinski definition) is 2. The van der Waals surface area contributed by atoms with E-state index in [-0.39, 0.29) is 11.8 Å². The fraction of sp³-hybridized carbons (Fsp3) is 0.316. The molecule has 0 aliphatic heterocycles. The summed E-state index contributed by atoms with van der Waals surface area (Å²) in [5, 5.41) is 5.76. The summed E-state index contributed by atoms with van der Waals surface area (Å²) in [6.07, 6.45) is 0. The Morgan fingerprint density at radius 3 is 2.25 bits per heavy atom. The van der Waals surface area contributed by atoms with Gasteiger partial charge in [-0.15, -0.1) is 0 Å². The van der Waals surface area contributed by atoms with Crippen LogP contribution in [0, 0.1) is 12.7 Å². The van der Waals surface area contributed by atoms with E-state index in [0.29, 0.717) is 0 Å². The zero-order chi connectivity index (χ0) is 17.9. The minimum absolute atomic E-state index is 0.296. The number of nitrogens with one attached hydrogen (secondary N) is 2. The maximum absolute atomic E-state index is 13.0. The summed E-state index contributed by atoms with van der Waals surface area (Å²) < 4.78 is 13.0. The number of amides is 2. The number of anilines is 2. The van der Waals surface area contributed by atoms with E-state index in [4.69, 9.17) is 0 Å². The highest BCUT2D eigenvalue weighted by molar-refractivity contribution is 5.90. The van der Waals surface area contributed by atoms with Crippen LogP contribution in [-0.4, -0.2) is 20.1 Å². The molecule has 5 heteroatoms. The summed E-state index contributed by atoms with van der Waals surface area (Å²) in [7, 11) is 3.96. The maximum atomic E-state index is 13.0. The Morgan fingerprint density at radius 2 is 1.71 bits per heavy atom. The molecular formula is C19H24FN3O. The molecule has 2 N–H and O–H groups in total. The van der Waals surface area contributed by atoms with Crippen LogP contribution in [0.15, 0.2) is 42.5 Å². The van der Waals surface area contributed by atoms with Gasteiger partial charge in [-0.25, -0.2) is 9.18 Å². The molecule has 2 aromatic rings. The van der Waals surface area contributed by atoms with Crippen molar-refractivity contribution in [3.05, 3.63) is 59.4 Å². The molecule has 2 aromatic carbocycles. The molecule has 0 atom stereocenters. The minimum Gasteiger partial charge on any atom is -0.377 e. The number of aryl methyl sites for hydroxylation is 1. The molecule has 0 fully saturated rings. The first kappa shape index (κ1) is 17.8. The second-order valence-corrected chi connectivity index (χ2v) is 6.61. The van der Waals surface area contributed by atoms with Gasteiger partial charge >= 0.3 is 6.03 Å². The van der Waals surface area contributed by atoms with Crippen LogP contribution in [0.1, 0.15) is 25.0 Å². The normalized spacial score (nSPS) is 11.1. The molecule has 0 saturated heterocycles. The lowest BCUT2D eigenvalue weighted by Gasteiger charge is -2.27. The molecule has 0 unspecified atom stereocenters. The first-order valence-corrected chi connectivity index (χ1v) is 7.82. The lowest BCUT2D eigenvalue weighted by molar-refractivity contribution is 0.242. The van der Waals surface area contributed by atoms with Gasteiger partial charge in [0.1, 0.15) is 5.82 Å². The van der Waals surface area contributed by atoms with E-state index in [1.807, 2.05) is 58.0 Å². The Hall–Kier alpha value is -2.56. The van der Waals surface area contributed by atoms with Gasteiger partial charge < -0.3 is 15.5 Å². The number of carbonyl (C=O) groups excluding carboxylic acids is 1. The van der Waals surface area contributed by atoms with Crippen LogP contribution in [0.25, 0.3) is 0 Å². The SMILES string of the molecule is Cc1cc(NC(=O)NC(C)(C)c2ccc(F)cc2)ccc1N(C)C. The van der Waals surface area contributed by atoms with E-state index in [9.17, 15) is 9.18 Å². The fourth-order valence-electron chi connectivity index (χ4n) is 2.62. The third-order valence-corrected chi connectivity index (χ3v) is 3.93. The molecular weight excluding hydrogens is 305 g/mol. The Morgan fingerprint density at radius 1 is 1.08 bits per heavy atom.